The van der Waals surface area contributed by atoms with Crippen LogP contribution in [0.4, 0.5) is 0 Å². The van der Waals surface area contributed by atoms with Crippen molar-refractivity contribution in [2.24, 2.45) is 0 Å². The lowest BCUT2D eigenvalue weighted by molar-refractivity contribution is 0.0955. The Labute approximate surface area is 137 Å². The molecule has 1 rings (SSSR count). The molecule has 0 aliphatic carbocycles. The second-order valence-electron chi connectivity index (χ2n) is 4.73. The molecule has 0 saturated carbocycles. The van der Waals surface area contributed by atoms with Gasteiger partial charge in [0.1, 0.15) is 0 Å². The summed E-state index contributed by atoms with van der Waals surface area (Å²) in [5.74, 6) is 0.470. The van der Waals surface area contributed by atoms with Gasteiger partial charge in [-0.15, -0.1) is 0 Å². The average Bonchev–Trinajstić information content (AvgIpc) is 2.54. The molecule has 8 heteroatoms. The number of amides is 1. The van der Waals surface area contributed by atoms with Crippen LogP contribution in [0.3, 0.4) is 0 Å². The van der Waals surface area contributed by atoms with Crippen LogP contribution in [0.5, 0.6) is 11.5 Å². The smallest absolute Gasteiger partial charge is 0.251 e. The maximum absolute atomic E-state index is 12.1. The van der Waals surface area contributed by atoms with Crippen molar-refractivity contribution in [1.82, 2.24) is 9.62 Å². The third-order valence-corrected chi connectivity index (χ3v) is 5.41. The van der Waals surface area contributed by atoms with E-state index in [-0.39, 0.29) is 18.2 Å². The molecule has 0 bridgehead atoms. The molecule has 1 aromatic rings. The summed E-state index contributed by atoms with van der Waals surface area (Å²) in [7, 11) is -0.358. The molecule has 130 valence electrons. The predicted molar refractivity (Wildman–Crippen MR) is 88.6 cm³/mol. The molecule has 0 heterocycles. The molecule has 23 heavy (non-hydrogen) atoms. The molecule has 0 atom stereocenters. The summed E-state index contributed by atoms with van der Waals surface area (Å²) in [5, 5.41) is 2.61. The SMILES string of the molecule is CCN(CC)S(=O)(=O)CCNC(=O)c1ccc(OC)c(OC)c1. The zero-order valence-electron chi connectivity index (χ0n) is 14.0. The summed E-state index contributed by atoms with van der Waals surface area (Å²) in [6, 6.07) is 4.77. The molecular formula is C15H24N2O5S. The monoisotopic (exact) mass is 344 g/mol. The molecule has 7 nitrogen and oxygen atoms in total. The van der Waals surface area contributed by atoms with Gasteiger partial charge in [0.25, 0.3) is 5.91 Å². The minimum Gasteiger partial charge on any atom is -0.493 e. The zero-order valence-corrected chi connectivity index (χ0v) is 14.8. The molecule has 0 aliphatic rings. The van der Waals surface area contributed by atoms with Gasteiger partial charge in [-0.1, -0.05) is 13.8 Å². The van der Waals surface area contributed by atoms with Gasteiger partial charge in [-0.25, -0.2) is 12.7 Å². The van der Waals surface area contributed by atoms with E-state index in [0.29, 0.717) is 30.2 Å². The fourth-order valence-electron chi connectivity index (χ4n) is 2.12. The summed E-state index contributed by atoms with van der Waals surface area (Å²) in [6.45, 7) is 4.45. The van der Waals surface area contributed by atoms with Crippen molar-refractivity contribution in [3.05, 3.63) is 23.8 Å². The van der Waals surface area contributed by atoms with E-state index in [1.54, 1.807) is 32.0 Å². The van der Waals surface area contributed by atoms with E-state index < -0.39 is 10.0 Å². The summed E-state index contributed by atoms with van der Waals surface area (Å²) < 4.78 is 35.7. The first kappa shape index (κ1) is 19.2. The van der Waals surface area contributed by atoms with E-state index in [4.69, 9.17) is 9.47 Å². The molecule has 1 N–H and O–H groups in total. The summed E-state index contributed by atoms with van der Waals surface area (Å²) in [5.41, 5.74) is 0.378. The number of hydrogen-bond donors (Lipinski definition) is 1. The second kappa shape index (κ2) is 8.73. The number of nitrogens with one attached hydrogen (secondary N) is 1. The number of benzene rings is 1. The summed E-state index contributed by atoms with van der Waals surface area (Å²) in [4.78, 5) is 12.1. The molecular weight excluding hydrogens is 320 g/mol. The first-order valence-electron chi connectivity index (χ1n) is 7.37. The van der Waals surface area contributed by atoms with E-state index in [2.05, 4.69) is 5.32 Å². The van der Waals surface area contributed by atoms with Crippen LogP contribution in [-0.4, -0.2) is 58.2 Å². The first-order valence-corrected chi connectivity index (χ1v) is 8.98. The highest BCUT2D eigenvalue weighted by Crippen LogP contribution is 2.27. The zero-order chi connectivity index (χ0) is 17.5. The summed E-state index contributed by atoms with van der Waals surface area (Å²) >= 11 is 0. The van der Waals surface area contributed by atoms with E-state index in [9.17, 15) is 13.2 Å². The van der Waals surface area contributed by atoms with Gasteiger partial charge >= 0.3 is 0 Å². The van der Waals surface area contributed by atoms with E-state index >= 15 is 0 Å². The van der Waals surface area contributed by atoms with Crippen LogP contribution in [0, 0.1) is 0 Å². The molecule has 0 aliphatic heterocycles. The van der Waals surface area contributed by atoms with Crippen molar-refractivity contribution in [2.75, 3.05) is 39.6 Å². The van der Waals surface area contributed by atoms with E-state index in [0.717, 1.165) is 0 Å². The van der Waals surface area contributed by atoms with E-state index in [1.165, 1.54) is 18.5 Å². The number of nitrogens with zero attached hydrogens (tertiary/aromatic N) is 1. The number of methoxy groups -OCH3 is 2. The maximum Gasteiger partial charge on any atom is 0.251 e. The number of rotatable bonds is 9. The van der Waals surface area contributed by atoms with Crippen LogP contribution in [0.1, 0.15) is 24.2 Å². The van der Waals surface area contributed by atoms with Gasteiger partial charge in [0.05, 0.1) is 20.0 Å². The van der Waals surface area contributed by atoms with Crippen molar-refractivity contribution >= 4 is 15.9 Å². The predicted octanol–water partition coefficient (Wildman–Crippen LogP) is 1.11. The van der Waals surface area contributed by atoms with Crippen molar-refractivity contribution in [3.8, 4) is 11.5 Å². The molecule has 0 aromatic heterocycles. The minimum atomic E-state index is -3.35. The lowest BCUT2D eigenvalue weighted by Gasteiger charge is -2.18. The summed E-state index contributed by atoms with van der Waals surface area (Å²) in [6.07, 6.45) is 0. The Hall–Kier alpha value is -1.80. The van der Waals surface area contributed by atoms with Crippen molar-refractivity contribution in [3.63, 3.8) is 0 Å². The topological polar surface area (TPSA) is 84.9 Å². The standard InChI is InChI=1S/C15H24N2O5S/c1-5-17(6-2)23(19,20)10-9-16-15(18)12-7-8-13(21-3)14(11-12)22-4/h7-8,11H,5-6,9-10H2,1-4H3,(H,16,18). The third kappa shape index (κ3) is 5.11. The average molecular weight is 344 g/mol. The molecule has 0 spiro atoms. The first-order chi connectivity index (χ1) is 10.9. The van der Waals surface area contributed by atoms with E-state index in [1.807, 2.05) is 0 Å². The van der Waals surface area contributed by atoms with Gasteiger partial charge in [0, 0.05) is 25.2 Å². The minimum absolute atomic E-state index is 0.0476. The number of ether oxygens (including phenoxy) is 2. The quantitative estimate of drug-likeness (QED) is 0.725. The Kier molecular flexibility index (Phi) is 7.31. The van der Waals surface area contributed by atoms with Gasteiger partial charge < -0.3 is 14.8 Å². The molecule has 0 unspecified atom stereocenters. The Balaban J connectivity index is 2.67. The van der Waals surface area contributed by atoms with Crippen LogP contribution in [0.15, 0.2) is 18.2 Å². The fourth-order valence-corrected chi connectivity index (χ4v) is 3.52. The highest BCUT2D eigenvalue weighted by molar-refractivity contribution is 7.89. The Morgan fingerprint density at radius 2 is 1.74 bits per heavy atom. The highest BCUT2D eigenvalue weighted by atomic mass is 32.2. The van der Waals surface area contributed by atoms with Crippen molar-refractivity contribution in [1.29, 1.82) is 0 Å². The Bertz CT molecular complexity index is 627. The van der Waals surface area contributed by atoms with Gasteiger partial charge in [0.2, 0.25) is 10.0 Å². The van der Waals surface area contributed by atoms with Gasteiger partial charge in [-0.2, -0.15) is 0 Å². The molecule has 0 radical (unpaired) electrons. The van der Waals surface area contributed by atoms with Crippen LogP contribution in [0.25, 0.3) is 0 Å². The molecule has 1 amide bonds. The Morgan fingerprint density at radius 3 is 2.26 bits per heavy atom. The van der Waals surface area contributed by atoms with Gasteiger partial charge in [0.15, 0.2) is 11.5 Å². The van der Waals surface area contributed by atoms with Crippen LogP contribution in [0.2, 0.25) is 0 Å². The number of hydrogen-bond acceptors (Lipinski definition) is 5. The lowest BCUT2D eigenvalue weighted by atomic mass is 10.2. The van der Waals surface area contributed by atoms with Gasteiger partial charge in [-0.3, -0.25) is 4.79 Å². The molecule has 0 saturated heterocycles. The third-order valence-electron chi connectivity index (χ3n) is 3.39. The van der Waals surface area contributed by atoms with Crippen LogP contribution in [-0.2, 0) is 10.0 Å². The highest BCUT2D eigenvalue weighted by Gasteiger charge is 2.19. The van der Waals surface area contributed by atoms with Crippen molar-refractivity contribution < 1.29 is 22.7 Å². The molecule has 0 fully saturated rings. The Morgan fingerprint density at radius 1 is 1.13 bits per heavy atom. The normalized spacial score (nSPS) is 11.3. The largest absolute Gasteiger partial charge is 0.493 e. The fraction of sp³-hybridized carbons (Fsp3) is 0.533. The lowest BCUT2D eigenvalue weighted by Crippen LogP contribution is -2.37. The van der Waals surface area contributed by atoms with Gasteiger partial charge in [-0.05, 0) is 18.2 Å². The number of carbonyl (C=O) groups excluding carboxylic acids is 1. The van der Waals surface area contributed by atoms with Crippen molar-refractivity contribution in [2.45, 2.75) is 13.8 Å². The second-order valence-corrected chi connectivity index (χ2v) is 6.81. The number of sulfonamides is 1. The van der Waals surface area contributed by atoms with Crippen LogP contribution < -0.4 is 14.8 Å². The van der Waals surface area contributed by atoms with Crippen LogP contribution >= 0.6 is 0 Å². The molecule has 1 aromatic carbocycles. The number of carbonyl (C=O) groups is 1. The maximum atomic E-state index is 12.1.